The Morgan fingerprint density at radius 2 is 1.97 bits per heavy atom. The maximum Gasteiger partial charge on any atom is 0.270 e. The molecule has 0 aliphatic carbocycles. The highest BCUT2D eigenvalue weighted by Gasteiger charge is 2.51. The van der Waals surface area contributed by atoms with Crippen LogP contribution in [-0.4, -0.2) is 34.8 Å². The zero-order valence-electron chi connectivity index (χ0n) is 18.5. The molecule has 9 heteroatoms. The van der Waals surface area contributed by atoms with Crippen molar-refractivity contribution in [3.63, 3.8) is 0 Å². The number of aliphatic hydroxyl groups is 1. The summed E-state index contributed by atoms with van der Waals surface area (Å²) < 4.78 is 52.5. The number of halogens is 3. The molecule has 1 amide bonds. The van der Waals surface area contributed by atoms with Crippen LogP contribution in [0.4, 0.5) is 18.9 Å². The number of ether oxygens (including phenoxy) is 2. The largest absolute Gasteiger partial charge is 0.496 e. The molecule has 6 nitrogen and oxygen atoms in total. The van der Waals surface area contributed by atoms with E-state index in [4.69, 9.17) is 9.47 Å². The molecular weight excluding hydrogens is 425 g/mol. The van der Waals surface area contributed by atoms with E-state index in [1.165, 1.54) is 19.4 Å². The van der Waals surface area contributed by atoms with Gasteiger partial charge in [-0.05, 0) is 44.9 Å². The van der Waals surface area contributed by atoms with Gasteiger partial charge in [0, 0.05) is 11.5 Å². The Morgan fingerprint density at radius 3 is 2.50 bits per heavy atom. The topological polar surface area (TPSA) is 80.7 Å². The van der Waals surface area contributed by atoms with E-state index in [0.717, 1.165) is 6.07 Å². The maximum atomic E-state index is 14.1. The highest BCUT2D eigenvalue weighted by Crippen LogP contribution is 2.50. The first-order valence-corrected chi connectivity index (χ1v) is 10.2. The zero-order chi connectivity index (χ0) is 23.8. The van der Waals surface area contributed by atoms with E-state index in [1.54, 1.807) is 32.9 Å². The standard InChI is InChI=1S/C23H27F3N2O4/c1-11-17(14-7-8-15(24)18(21(25)26)19(14)31-5)20(32-23(11,3)4)22(30)28-13-6-9-16(12(2)29)27-10-13/h6-12,17,20-21,29H,1-5H3,(H,28,30)/t11-,12+,17-,20+/m0/s1. The molecule has 1 aromatic carbocycles. The number of alkyl halides is 2. The van der Waals surface area contributed by atoms with Gasteiger partial charge in [0.25, 0.3) is 12.3 Å². The molecule has 0 bridgehead atoms. The summed E-state index contributed by atoms with van der Waals surface area (Å²) in [5, 5.41) is 12.3. The van der Waals surface area contributed by atoms with Gasteiger partial charge in [0.2, 0.25) is 0 Å². The van der Waals surface area contributed by atoms with E-state index in [-0.39, 0.29) is 17.2 Å². The first-order chi connectivity index (χ1) is 15.0. The molecule has 0 radical (unpaired) electrons. The van der Waals surface area contributed by atoms with Crippen LogP contribution in [0.15, 0.2) is 30.5 Å². The van der Waals surface area contributed by atoms with Crippen molar-refractivity contribution in [2.24, 2.45) is 5.92 Å². The molecule has 1 aliphatic rings. The van der Waals surface area contributed by atoms with E-state index in [1.807, 2.05) is 6.92 Å². The molecule has 1 aromatic heterocycles. The summed E-state index contributed by atoms with van der Waals surface area (Å²) in [6.45, 7) is 7.04. The van der Waals surface area contributed by atoms with Gasteiger partial charge in [-0.15, -0.1) is 0 Å². The van der Waals surface area contributed by atoms with E-state index >= 15 is 0 Å². The maximum absolute atomic E-state index is 14.1. The molecular formula is C23H27F3N2O4. The summed E-state index contributed by atoms with van der Waals surface area (Å²) in [4.78, 5) is 17.3. The number of anilines is 1. The van der Waals surface area contributed by atoms with Crippen molar-refractivity contribution in [1.29, 1.82) is 0 Å². The molecule has 0 unspecified atom stereocenters. The molecule has 1 aliphatic heterocycles. The molecule has 32 heavy (non-hydrogen) atoms. The van der Waals surface area contributed by atoms with Crippen molar-refractivity contribution in [3.8, 4) is 5.75 Å². The number of aliphatic hydroxyl groups excluding tert-OH is 1. The monoisotopic (exact) mass is 452 g/mol. The van der Waals surface area contributed by atoms with Crippen LogP contribution < -0.4 is 10.1 Å². The average Bonchev–Trinajstić information content (AvgIpc) is 2.97. The summed E-state index contributed by atoms with van der Waals surface area (Å²) in [6, 6.07) is 5.51. The number of rotatable bonds is 6. The molecule has 0 saturated carbocycles. The second kappa shape index (κ2) is 9.07. The second-order valence-electron chi connectivity index (χ2n) is 8.48. The van der Waals surface area contributed by atoms with E-state index < -0.39 is 47.4 Å². The molecule has 1 fully saturated rings. The quantitative estimate of drug-likeness (QED) is 0.661. The minimum atomic E-state index is -3.08. The van der Waals surface area contributed by atoms with Crippen molar-refractivity contribution < 1.29 is 32.5 Å². The fourth-order valence-corrected chi connectivity index (χ4v) is 4.08. The Labute approximate surface area is 184 Å². The summed E-state index contributed by atoms with van der Waals surface area (Å²) in [7, 11) is 1.19. The summed E-state index contributed by atoms with van der Waals surface area (Å²) in [6.07, 6.45) is -3.46. The van der Waals surface area contributed by atoms with Crippen LogP contribution in [0.2, 0.25) is 0 Å². The van der Waals surface area contributed by atoms with Crippen LogP contribution in [0.1, 0.15) is 63.0 Å². The predicted octanol–water partition coefficient (Wildman–Crippen LogP) is 4.76. The lowest BCUT2D eigenvalue weighted by atomic mass is 9.77. The van der Waals surface area contributed by atoms with Gasteiger partial charge < -0.3 is 19.9 Å². The summed E-state index contributed by atoms with van der Waals surface area (Å²) in [5.74, 6) is -2.79. The van der Waals surface area contributed by atoms with E-state index in [9.17, 15) is 23.1 Å². The van der Waals surface area contributed by atoms with Gasteiger partial charge in [0.15, 0.2) is 0 Å². The van der Waals surface area contributed by atoms with Gasteiger partial charge in [0.05, 0.1) is 42.0 Å². The Morgan fingerprint density at radius 1 is 1.28 bits per heavy atom. The van der Waals surface area contributed by atoms with Crippen LogP contribution in [-0.2, 0) is 9.53 Å². The molecule has 4 atom stereocenters. The number of pyridine rings is 1. The van der Waals surface area contributed by atoms with Gasteiger partial charge in [-0.3, -0.25) is 9.78 Å². The summed E-state index contributed by atoms with van der Waals surface area (Å²) >= 11 is 0. The van der Waals surface area contributed by atoms with Gasteiger partial charge in [-0.2, -0.15) is 0 Å². The number of benzene rings is 1. The van der Waals surface area contributed by atoms with Gasteiger partial charge >= 0.3 is 0 Å². The van der Waals surface area contributed by atoms with Gasteiger partial charge in [0.1, 0.15) is 17.7 Å². The van der Waals surface area contributed by atoms with Crippen LogP contribution in [0.5, 0.6) is 5.75 Å². The van der Waals surface area contributed by atoms with Crippen LogP contribution >= 0.6 is 0 Å². The third kappa shape index (κ3) is 4.45. The van der Waals surface area contributed by atoms with Crippen molar-refractivity contribution in [1.82, 2.24) is 4.98 Å². The van der Waals surface area contributed by atoms with Crippen molar-refractivity contribution in [2.45, 2.75) is 57.8 Å². The Hall–Kier alpha value is -2.65. The first-order valence-electron chi connectivity index (χ1n) is 10.2. The zero-order valence-corrected chi connectivity index (χ0v) is 18.5. The molecule has 0 spiro atoms. The average molecular weight is 452 g/mol. The Bertz CT molecular complexity index is 980. The highest BCUT2D eigenvalue weighted by molar-refractivity contribution is 5.95. The Kier molecular flexibility index (Phi) is 6.80. The van der Waals surface area contributed by atoms with E-state index in [0.29, 0.717) is 11.4 Å². The second-order valence-corrected chi connectivity index (χ2v) is 8.48. The van der Waals surface area contributed by atoms with E-state index in [2.05, 4.69) is 10.3 Å². The number of aromatic nitrogens is 1. The van der Waals surface area contributed by atoms with Gasteiger partial charge in [-0.1, -0.05) is 13.0 Å². The molecule has 174 valence electrons. The minimum absolute atomic E-state index is 0.279. The lowest BCUT2D eigenvalue weighted by Gasteiger charge is -2.26. The minimum Gasteiger partial charge on any atom is -0.496 e. The Balaban J connectivity index is 1.99. The lowest BCUT2D eigenvalue weighted by Crippen LogP contribution is -2.33. The predicted molar refractivity (Wildman–Crippen MR) is 112 cm³/mol. The van der Waals surface area contributed by atoms with Crippen LogP contribution in [0.3, 0.4) is 0 Å². The van der Waals surface area contributed by atoms with Gasteiger partial charge in [-0.25, -0.2) is 13.2 Å². The van der Waals surface area contributed by atoms with Crippen molar-refractivity contribution >= 4 is 11.6 Å². The van der Waals surface area contributed by atoms with Crippen LogP contribution in [0, 0.1) is 11.7 Å². The number of amides is 1. The third-order valence-corrected chi connectivity index (χ3v) is 6.09. The fraction of sp³-hybridized carbons (Fsp3) is 0.478. The fourth-order valence-electron chi connectivity index (χ4n) is 4.08. The third-order valence-electron chi connectivity index (χ3n) is 6.09. The summed E-state index contributed by atoms with van der Waals surface area (Å²) in [5.41, 5.74) is -0.475. The number of hydrogen-bond donors (Lipinski definition) is 2. The molecule has 1 saturated heterocycles. The number of hydrogen-bond acceptors (Lipinski definition) is 5. The molecule has 2 heterocycles. The SMILES string of the molecule is COc1c([C@H]2[C@H](C(=O)Nc3ccc([C@@H](C)O)nc3)OC(C)(C)[C@H]2C)ccc(F)c1C(F)F. The molecule has 2 aromatic rings. The lowest BCUT2D eigenvalue weighted by molar-refractivity contribution is -0.131. The normalized spacial score (nSPS) is 23.2. The number of nitrogens with zero attached hydrogens (tertiary/aromatic N) is 1. The number of methoxy groups -OCH3 is 1. The highest BCUT2D eigenvalue weighted by atomic mass is 19.3. The smallest absolute Gasteiger partial charge is 0.270 e. The molecule has 2 N–H and O–H groups in total. The van der Waals surface area contributed by atoms with Crippen LogP contribution in [0.25, 0.3) is 0 Å². The molecule has 3 rings (SSSR count). The number of carbonyl (C=O) groups is 1. The first kappa shape index (κ1) is 24.0. The number of nitrogens with one attached hydrogen (secondary N) is 1. The van der Waals surface area contributed by atoms with Crippen molar-refractivity contribution in [3.05, 3.63) is 53.1 Å². The number of carbonyl (C=O) groups excluding carboxylic acids is 1. The van der Waals surface area contributed by atoms with Crippen molar-refractivity contribution in [2.75, 3.05) is 12.4 Å².